The number of benzene rings is 1. The Labute approximate surface area is 208 Å². The summed E-state index contributed by atoms with van der Waals surface area (Å²) in [6, 6.07) is 3.30. The summed E-state index contributed by atoms with van der Waals surface area (Å²) in [5.41, 5.74) is 0.440. The van der Waals surface area contributed by atoms with Crippen molar-refractivity contribution in [1.29, 1.82) is 0 Å². The van der Waals surface area contributed by atoms with Crippen molar-refractivity contribution in [2.24, 2.45) is 5.92 Å². The van der Waals surface area contributed by atoms with Crippen LogP contribution in [0.5, 0.6) is 17.2 Å². The Bertz CT molecular complexity index is 863. The Kier molecular flexibility index (Phi) is 12.3. The van der Waals surface area contributed by atoms with Crippen molar-refractivity contribution in [3.05, 3.63) is 17.7 Å². The Hall–Kier alpha value is -3.22. The third kappa shape index (κ3) is 9.44. The zero-order chi connectivity index (χ0) is 27.5. The molecule has 0 atom stereocenters. The van der Waals surface area contributed by atoms with Crippen molar-refractivity contribution >= 4 is 17.8 Å². The molecular weight excluding hydrogens is 487 g/mol. The predicted molar refractivity (Wildman–Crippen MR) is 125 cm³/mol. The van der Waals surface area contributed by atoms with Gasteiger partial charge in [-0.25, -0.2) is 4.79 Å². The lowest BCUT2D eigenvalue weighted by Crippen LogP contribution is -2.47. The molecule has 1 aliphatic heterocycles. The normalized spacial score (nSPS) is 13.4. The Morgan fingerprint density at radius 3 is 1.94 bits per heavy atom. The molecule has 2 N–H and O–H groups in total. The predicted octanol–water partition coefficient (Wildman–Crippen LogP) is 2.27. The molecule has 1 heterocycles. The average Bonchev–Trinajstić information content (AvgIpc) is 2.84. The van der Waals surface area contributed by atoms with Crippen molar-refractivity contribution in [3.8, 4) is 17.2 Å². The number of nitrogens with zero attached hydrogens (tertiary/aromatic N) is 2. The first kappa shape index (κ1) is 30.8. The molecule has 1 aromatic carbocycles. The van der Waals surface area contributed by atoms with E-state index >= 15 is 0 Å². The van der Waals surface area contributed by atoms with Gasteiger partial charge in [0.1, 0.15) is 0 Å². The molecule has 2 amide bonds. The number of ether oxygens (including phenoxy) is 3. The molecule has 2 rings (SSSR count). The van der Waals surface area contributed by atoms with E-state index in [1.807, 2.05) is 18.7 Å². The maximum Gasteiger partial charge on any atom is 0.490 e. The molecule has 36 heavy (non-hydrogen) atoms. The summed E-state index contributed by atoms with van der Waals surface area (Å²) in [7, 11) is 4.56. The fourth-order valence-corrected chi connectivity index (χ4v) is 3.41. The van der Waals surface area contributed by atoms with Gasteiger partial charge in [-0.05, 0) is 18.1 Å². The number of rotatable bonds is 9. The van der Waals surface area contributed by atoms with Gasteiger partial charge in [0.15, 0.2) is 11.5 Å². The Morgan fingerprint density at radius 2 is 1.56 bits per heavy atom. The highest BCUT2D eigenvalue weighted by molar-refractivity contribution is 5.96. The number of carboxylic acids is 1. The lowest BCUT2D eigenvalue weighted by molar-refractivity contribution is -0.192. The van der Waals surface area contributed by atoms with Crippen molar-refractivity contribution in [1.82, 2.24) is 15.1 Å². The molecule has 0 aromatic heterocycles. The third-order valence-corrected chi connectivity index (χ3v) is 5.09. The van der Waals surface area contributed by atoms with Crippen LogP contribution in [0.3, 0.4) is 0 Å². The van der Waals surface area contributed by atoms with Crippen molar-refractivity contribution in [3.63, 3.8) is 0 Å². The van der Waals surface area contributed by atoms with E-state index in [0.29, 0.717) is 55.4 Å². The number of methoxy groups -OCH3 is 3. The average molecular weight is 522 g/mol. The monoisotopic (exact) mass is 521 g/mol. The second-order valence-electron chi connectivity index (χ2n) is 8.24. The topological polar surface area (TPSA) is 118 Å². The first-order valence-corrected chi connectivity index (χ1v) is 11.2. The number of carboxylic acid groups (broad SMARTS) is 1. The van der Waals surface area contributed by atoms with Crippen LogP contribution in [0.15, 0.2) is 12.1 Å². The van der Waals surface area contributed by atoms with Crippen LogP contribution >= 0.6 is 0 Å². The summed E-state index contributed by atoms with van der Waals surface area (Å²) < 4.78 is 47.8. The Balaban J connectivity index is 0.000000809. The van der Waals surface area contributed by atoms with Gasteiger partial charge in [0.05, 0.1) is 21.3 Å². The summed E-state index contributed by atoms with van der Waals surface area (Å²) in [6.45, 7) is 8.08. The van der Waals surface area contributed by atoms with E-state index in [2.05, 4.69) is 5.32 Å². The van der Waals surface area contributed by atoms with Crippen LogP contribution in [0.1, 0.15) is 30.6 Å². The molecule has 1 aromatic rings. The number of halogens is 3. The van der Waals surface area contributed by atoms with Gasteiger partial charge in [0.25, 0.3) is 5.91 Å². The van der Waals surface area contributed by atoms with Gasteiger partial charge in [-0.1, -0.05) is 13.8 Å². The molecule has 10 nitrogen and oxygen atoms in total. The number of amides is 2. The van der Waals surface area contributed by atoms with E-state index in [4.69, 9.17) is 24.1 Å². The summed E-state index contributed by atoms with van der Waals surface area (Å²) in [5, 5.41) is 10.4. The molecule has 0 saturated carbocycles. The van der Waals surface area contributed by atoms with E-state index in [0.717, 1.165) is 13.1 Å². The third-order valence-electron chi connectivity index (χ3n) is 5.09. The van der Waals surface area contributed by atoms with Crippen LogP contribution in [0.4, 0.5) is 13.2 Å². The lowest BCUT2D eigenvalue weighted by Gasteiger charge is -2.29. The Morgan fingerprint density at radius 1 is 1.06 bits per heavy atom. The van der Waals surface area contributed by atoms with Crippen LogP contribution in [0.25, 0.3) is 0 Å². The molecule has 1 saturated heterocycles. The van der Waals surface area contributed by atoms with E-state index in [1.165, 1.54) is 21.3 Å². The minimum atomic E-state index is -5.08. The standard InChI is InChI=1S/C21H33N3O5.C2HF3O2/c1-15(2)14-24(9-6-19(25)23-10-7-22-8-11-23)21(26)16-12-17(27-3)20(29-5)18(13-16)28-4;3-2(4,5)1(6)7/h12-13,15,22H,6-11,14H2,1-5H3;(H,6,7). The number of hydrogen-bond acceptors (Lipinski definition) is 7. The second kappa shape index (κ2) is 14.4. The minimum absolute atomic E-state index is 0.0814. The molecule has 0 unspecified atom stereocenters. The molecule has 0 aliphatic carbocycles. The smallest absolute Gasteiger partial charge is 0.490 e. The zero-order valence-electron chi connectivity index (χ0n) is 21.1. The quantitative estimate of drug-likeness (QED) is 0.508. The van der Waals surface area contributed by atoms with Gasteiger partial charge in [-0.3, -0.25) is 9.59 Å². The van der Waals surface area contributed by atoms with Gasteiger partial charge in [-0.15, -0.1) is 0 Å². The molecule has 1 aliphatic rings. The van der Waals surface area contributed by atoms with Crippen molar-refractivity contribution in [2.45, 2.75) is 26.4 Å². The lowest BCUT2D eigenvalue weighted by atomic mass is 10.1. The highest BCUT2D eigenvalue weighted by Gasteiger charge is 2.38. The minimum Gasteiger partial charge on any atom is -0.493 e. The largest absolute Gasteiger partial charge is 0.493 e. The highest BCUT2D eigenvalue weighted by atomic mass is 19.4. The van der Waals surface area contributed by atoms with Crippen molar-refractivity contribution in [2.75, 3.05) is 60.6 Å². The molecule has 0 spiro atoms. The molecule has 0 bridgehead atoms. The number of hydrogen-bond donors (Lipinski definition) is 2. The number of nitrogens with one attached hydrogen (secondary N) is 1. The molecular formula is C23H34F3N3O7. The molecule has 13 heteroatoms. The van der Waals surface area contributed by atoms with Gasteiger partial charge in [-0.2, -0.15) is 13.2 Å². The van der Waals surface area contributed by atoms with Crippen LogP contribution in [-0.4, -0.2) is 99.5 Å². The number of carbonyl (C=O) groups is 3. The number of alkyl halides is 3. The maximum absolute atomic E-state index is 13.2. The van der Waals surface area contributed by atoms with E-state index < -0.39 is 12.1 Å². The summed E-state index contributed by atoms with van der Waals surface area (Å²) in [6.07, 6.45) is -4.77. The maximum atomic E-state index is 13.2. The fourth-order valence-electron chi connectivity index (χ4n) is 3.41. The van der Waals surface area contributed by atoms with Gasteiger partial charge in [0, 0.05) is 51.3 Å². The van der Waals surface area contributed by atoms with Crippen molar-refractivity contribution < 1.29 is 46.9 Å². The van der Waals surface area contributed by atoms with Gasteiger partial charge < -0.3 is 34.4 Å². The molecule has 0 radical (unpaired) electrons. The van der Waals surface area contributed by atoms with Gasteiger partial charge in [0.2, 0.25) is 11.7 Å². The number of aliphatic carboxylic acids is 1. The van der Waals surface area contributed by atoms with Crippen LogP contribution in [0, 0.1) is 5.92 Å². The van der Waals surface area contributed by atoms with E-state index in [9.17, 15) is 22.8 Å². The van der Waals surface area contributed by atoms with Crippen LogP contribution in [0.2, 0.25) is 0 Å². The van der Waals surface area contributed by atoms with Crippen LogP contribution < -0.4 is 19.5 Å². The van der Waals surface area contributed by atoms with Gasteiger partial charge >= 0.3 is 12.1 Å². The second-order valence-corrected chi connectivity index (χ2v) is 8.24. The summed E-state index contributed by atoms with van der Waals surface area (Å²) in [4.78, 5) is 38.3. The zero-order valence-corrected chi connectivity index (χ0v) is 21.1. The van der Waals surface area contributed by atoms with Crippen LogP contribution in [-0.2, 0) is 9.59 Å². The fraction of sp³-hybridized carbons (Fsp3) is 0.609. The first-order valence-electron chi connectivity index (χ1n) is 11.2. The SMILES string of the molecule is COc1cc(C(=O)N(CCC(=O)N2CCNCC2)CC(C)C)cc(OC)c1OC.O=C(O)C(F)(F)F. The first-order chi connectivity index (χ1) is 16.8. The highest BCUT2D eigenvalue weighted by Crippen LogP contribution is 2.38. The molecule has 204 valence electrons. The number of carbonyl (C=O) groups excluding carboxylic acids is 2. The summed E-state index contributed by atoms with van der Waals surface area (Å²) in [5.74, 6) is -1.27. The van der Waals surface area contributed by atoms with E-state index in [1.54, 1.807) is 17.0 Å². The number of piperazine rings is 1. The molecule has 1 fully saturated rings. The van der Waals surface area contributed by atoms with E-state index in [-0.39, 0.29) is 17.7 Å². The summed E-state index contributed by atoms with van der Waals surface area (Å²) >= 11 is 0.